The lowest BCUT2D eigenvalue weighted by Crippen LogP contribution is -2.41. The lowest BCUT2D eigenvalue weighted by molar-refractivity contribution is 0.0846. The molecule has 1 aliphatic rings. The van der Waals surface area contributed by atoms with Gasteiger partial charge in [0.05, 0.1) is 4.90 Å². The minimum Gasteiger partial charge on any atom is -0.267 e. The maximum Gasteiger partial charge on any atom is 0.269 e. The van der Waals surface area contributed by atoms with Crippen molar-refractivity contribution >= 4 is 21.8 Å². The number of nitrogens with one attached hydrogen (secondary N) is 2. The first-order valence-corrected chi connectivity index (χ1v) is 9.88. The molecule has 1 fully saturated rings. The summed E-state index contributed by atoms with van der Waals surface area (Å²) in [6, 6.07) is 7.51. The van der Waals surface area contributed by atoms with E-state index in [9.17, 15) is 26.8 Å². The van der Waals surface area contributed by atoms with Crippen molar-refractivity contribution < 1.29 is 26.8 Å². The zero-order valence-corrected chi connectivity index (χ0v) is 15.4. The number of carbonyl (C=O) groups excluding carboxylic acids is 2. The number of nitrogens with zero attached hydrogens (tertiary/aromatic N) is 1. The van der Waals surface area contributed by atoms with Crippen LogP contribution in [0.4, 0.5) is 8.78 Å². The molecule has 0 atom stereocenters. The summed E-state index contributed by atoms with van der Waals surface area (Å²) < 4.78 is 52.6. The van der Waals surface area contributed by atoms with Crippen LogP contribution in [0.3, 0.4) is 0 Å². The summed E-state index contributed by atoms with van der Waals surface area (Å²) in [6.07, 6.45) is 1.63. The fourth-order valence-electron chi connectivity index (χ4n) is 2.80. The van der Waals surface area contributed by atoms with Crippen LogP contribution in [0.15, 0.2) is 47.4 Å². The van der Waals surface area contributed by atoms with Crippen molar-refractivity contribution in [3.05, 3.63) is 65.2 Å². The van der Waals surface area contributed by atoms with Gasteiger partial charge in [-0.1, -0.05) is 0 Å². The van der Waals surface area contributed by atoms with Crippen LogP contribution in [-0.4, -0.2) is 37.6 Å². The molecular formula is C18H17F2N3O4S. The van der Waals surface area contributed by atoms with Crippen LogP contribution < -0.4 is 10.9 Å². The van der Waals surface area contributed by atoms with Crippen LogP contribution >= 0.6 is 0 Å². The van der Waals surface area contributed by atoms with Gasteiger partial charge in [0.15, 0.2) is 0 Å². The first-order chi connectivity index (χ1) is 13.3. The Kier molecular flexibility index (Phi) is 5.71. The molecule has 2 N–H and O–H groups in total. The number of rotatable bonds is 4. The highest BCUT2D eigenvalue weighted by Gasteiger charge is 2.27. The number of carbonyl (C=O) groups is 2. The van der Waals surface area contributed by atoms with E-state index in [2.05, 4.69) is 5.43 Å². The van der Waals surface area contributed by atoms with Gasteiger partial charge >= 0.3 is 0 Å². The van der Waals surface area contributed by atoms with Gasteiger partial charge in [-0.05, 0) is 49.2 Å². The van der Waals surface area contributed by atoms with Gasteiger partial charge in [-0.15, -0.1) is 0 Å². The average molecular weight is 409 g/mol. The minimum atomic E-state index is -3.59. The van der Waals surface area contributed by atoms with Crippen molar-refractivity contribution in [3.8, 4) is 0 Å². The highest BCUT2D eigenvalue weighted by Crippen LogP contribution is 2.21. The van der Waals surface area contributed by atoms with Crippen molar-refractivity contribution in [1.29, 1.82) is 0 Å². The second-order valence-corrected chi connectivity index (χ2v) is 8.14. The fraction of sp³-hybridized carbons (Fsp3) is 0.222. The minimum absolute atomic E-state index is 0.0743. The van der Waals surface area contributed by atoms with E-state index in [-0.39, 0.29) is 16.0 Å². The molecular weight excluding hydrogens is 392 g/mol. The standard InChI is InChI=1S/C18H17F2N3O4S/c19-14-9-13(10-15(20)11-14)18(25)22-21-17(24)12-3-5-16(6-4-12)28(26,27)23-7-1-2-8-23/h3-6,9-11H,1-2,7-8H2,(H,21,24)(H,22,25). The zero-order valence-electron chi connectivity index (χ0n) is 14.6. The van der Waals surface area contributed by atoms with Crippen molar-refractivity contribution in [2.75, 3.05) is 13.1 Å². The second kappa shape index (κ2) is 8.03. The summed E-state index contributed by atoms with van der Waals surface area (Å²) >= 11 is 0. The summed E-state index contributed by atoms with van der Waals surface area (Å²) in [4.78, 5) is 24.0. The van der Waals surface area contributed by atoms with Crippen LogP contribution in [0.1, 0.15) is 33.6 Å². The molecule has 7 nitrogen and oxygen atoms in total. The first kappa shape index (κ1) is 19.9. The van der Waals surface area contributed by atoms with Crippen LogP contribution in [0.5, 0.6) is 0 Å². The number of benzene rings is 2. The first-order valence-electron chi connectivity index (χ1n) is 8.44. The second-order valence-electron chi connectivity index (χ2n) is 6.20. The molecule has 1 saturated heterocycles. The lowest BCUT2D eigenvalue weighted by atomic mass is 10.2. The van der Waals surface area contributed by atoms with Gasteiger partial charge in [0.25, 0.3) is 11.8 Å². The number of hydrogen-bond donors (Lipinski definition) is 2. The quantitative estimate of drug-likeness (QED) is 0.753. The molecule has 1 heterocycles. The molecule has 2 aromatic carbocycles. The lowest BCUT2D eigenvalue weighted by Gasteiger charge is -2.15. The summed E-state index contributed by atoms with van der Waals surface area (Å²) in [7, 11) is -3.59. The van der Waals surface area contributed by atoms with Crippen LogP contribution in [0, 0.1) is 11.6 Å². The largest absolute Gasteiger partial charge is 0.269 e. The van der Waals surface area contributed by atoms with Gasteiger partial charge in [0.1, 0.15) is 11.6 Å². The highest BCUT2D eigenvalue weighted by atomic mass is 32.2. The van der Waals surface area contributed by atoms with Gasteiger partial charge in [0, 0.05) is 30.3 Å². The highest BCUT2D eigenvalue weighted by molar-refractivity contribution is 7.89. The summed E-state index contributed by atoms with van der Waals surface area (Å²) in [5.74, 6) is -3.46. The molecule has 3 rings (SSSR count). The maximum absolute atomic E-state index is 13.1. The van der Waals surface area contributed by atoms with E-state index in [0.29, 0.717) is 19.2 Å². The van der Waals surface area contributed by atoms with Crippen molar-refractivity contribution in [1.82, 2.24) is 15.2 Å². The van der Waals surface area contributed by atoms with Gasteiger partial charge in [0.2, 0.25) is 10.0 Å². The fourth-order valence-corrected chi connectivity index (χ4v) is 4.32. The molecule has 0 aromatic heterocycles. The molecule has 10 heteroatoms. The smallest absolute Gasteiger partial charge is 0.267 e. The van der Waals surface area contributed by atoms with E-state index in [1.54, 1.807) is 0 Å². The summed E-state index contributed by atoms with van der Waals surface area (Å²) in [6.45, 7) is 0.939. The molecule has 28 heavy (non-hydrogen) atoms. The average Bonchev–Trinajstić information content (AvgIpc) is 3.21. The Labute approximate surface area is 160 Å². The van der Waals surface area contributed by atoms with Crippen molar-refractivity contribution in [3.63, 3.8) is 0 Å². The number of halogens is 2. The van der Waals surface area contributed by atoms with E-state index in [4.69, 9.17) is 0 Å². The molecule has 148 valence electrons. The number of amides is 2. The topological polar surface area (TPSA) is 95.6 Å². The molecule has 0 unspecified atom stereocenters. The Morgan fingerprint density at radius 1 is 0.821 bits per heavy atom. The molecule has 0 radical (unpaired) electrons. The van der Waals surface area contributed by atoms with Crippen molar-refractivity contribution in [2.24, 2.45) is 0 Å². The predicted molar refractivity (Wildman–Crippen MR) is 95.7 cm³/mol. The third kappa shape index (κ3) is 4.34. The Balaban J connectivity index is 1.64. The number of hydrazine groups is 1. The molecule has 2 aromatic rings. The van der Waals surface area contributed by atoms with E-state index < -0.39 is 33.5 Å². The maximum atomic E-state index is 13.1. The van der Waals surface area contributed by atoms with E-state index in [1.807, 2.05) is 5.43 Å². The number of sulfonamides is 1. The summed E-state index contributed by atoms with van der Waals surface area (Å²) in [5, 5.41) is 0. The van der Waals surface area contributed by atoms with Gasteiger partial charge in [-0.25, -0.2) is 17.2 Å². The Morgan fingerprint density at radius 3 is 1.86 bits per heavy atom. The number of hydrogen-bond acceptors (Lipinski definition) is 4. The monoisotopic (exact) mass is 409 g/mol. The SMILES string of the molecule is O=C(NNC(=O)c1cc(F)cc(F)c1)c1ccc(S(=O)(=O)N2CCCC2)cc1. The Bertz CT molecular complexity index is 984. The Morgan fingerprint density at radius 2 is 1.32 bits per heavy atom. The van der Waals surface area contributed by atoms with Crippen LogP contribution in [0.2, 0.25) is 0 Å². The van der Waals surface area contributed by atoms with Gasteiger partial charge < -0.3 is 0 Å². The molecule has 0 aliphatic carbocycles. The van der Waals surface area contributed by atoms with Crippen LogP contribution in [0.25, 0.3) is 0 Å². The third-order valence-electron chi connectivity index (χ3n) is 4.23. The molecule has 2 amide bonds. The summed E-state index contributed by atoms with van der Waals surface area (Å²) in [5.41, 5.74) is 3.95. The normalized spacial score (nSPS) is 14.6. The third-order valence-corrected chi connectivity index (χ3v) is 6.15. The van der Waals surface area contributed by atoms with E-state index >= 15 is 0 Å². The Hall–Kier alpha value is -2.85. The van der Waals surface area contributed by atoms with Gasteiger partial charge in [-0.3, -0.25) is 20.4 Å². The predicted octanol–water partition coefficient (Wildman–Crippen LogP) is 1.82. The van der Waals surface area contributed by atoms with E-state index in [0.717, 1.165) is 25.0 Å². The molecule has 1 aliphatic heterocycles. The van der Waals surface area contributed by atoms with E-state index in [1.165, 1.54) is 28.6 Å². The van der Waals surface area contributed by atoms with Gasteiger partial charge in [-0.2, -0.15) is 4.31 Å². The molecule has 0 bridgehead atoms. The zero-order chi connectivity index (χ0) is 20.3. The van der Waals surface area contributed by atoms with Crippen LogP contribution in [-0.2, 0) is 10.0 Å². The van der Waals surface area contributed by atoms with Crippen molar-refractivity contribution in [2.45, 2.75) is 17.7 Å². The molecule has 0 spiro atoms. The molecule has 0 saturated carbocycles.